The Labute approximate surface area is 102 Å². The van der Waals surface area contributed by atoms with Crippen molar-refractivity contribution in [2.75, 3.05) is 33.5 Å². The Morgan fingerprint density at radius 3 is 2.75 bits per heavy atom. The highest BCUT2D eigenvalue weighted by Crippen LogP contribution is 2.26. The standard InChI is InChI=1S/C9H12ClNO4S/c1-13-2-3-14-4-5-15-9-11-8(10)7(6-12)16-9/h6H,2-5H2,1H3. The van der Waals surface area contributed by atoms with E-state index in [9.17, 15) is 4.79 Å². The second kappa shape index (κ2) is 7.56. The minimum absolute atomic E-state index is 0.176. The summed E-state index contributed by atoms with van der Waals surface area (Å²) in [6, 6.07) is 0. The van der Waals surface area contributed by atoms with Gasteiger partial charge < -0.3 is 14.2 Å². The first kappa shape index (κ1) is 13.4. The molecule has 0 aliphatic rings. The monoisotopic (exact) mass is 265 g/mol. The SMILES string of the molecule is COCCOCCOc1nc(Cl)c(C=O)s1. The van der Waals surface area contributed by atoms with Gasteiger partial charge in [0.1, 0.15) is 11.5 Å². The van der Waals surface area contributed by atoms with Crippen molar-refractivity contribution in [3.05, 3.63) is 10.0 Å². The Morgan fingerprint density at radius 2 is 2.12 bits per heavy atom. The number of methoxy groups -OCH3 is 1. The summed E-state index contributed by atoms with van der Waals surface area (Å²) in [6.45, 7) is 1.89. The Bertz CT molecular complexity index is 331. The van der Waals surface area contributed by atoms with Crippen LogP contribution in [0, 0.1) is 0 Å². The molecule has 0 aromatic carbocycles. The number of hydrogen-bond acceptors (Lipinski definition) is 6. The number of hydrogen-bond donors (Lipinski definition) is 0. The molecule has 1 aromatic rings. The summed E-state index contributed by atoms with van der Waals surface area (Å²) in [7, 11) is 1.61. The Balaban J connectivity index is 2.19. The van der Waals surface area contributed by atoms with E-state index in [1.165, 1.54) is 0 Å². The third-order valence-electron chi connectivity index (χ3n) is 1.58. The zero-order valence-electron chi connectivity index (χ0n) is 8.77. The average molecular weight is 266 g/mol. The van der Waals surface area contributed by atoms with E-state index in [0.29, 0.717) is 42.8 Å². The van der Waals surface area contributed by atoms with E-state index in [1.54, 1.807) is 7.11 Å². The summed E-state index contributed by atoms with van der Waals surface area (Å²) in [5, 5.41) is 0.553. The van der Waals surface area contributed by atoms with E-state index in [-0.39, 0.29) is 5.15 Å². The van der Waals surface area contributed by atoms with Gasteiger partial charge in [-0.15, -0.1) is 0 Å². The molecule has 7 heteroatoms. The van der Waals surface area contributed by atoms with Crippen LogP contribution in [0.4, 0.5) is 0 Å². The molecule has 0 N–H and O–H groups in total. The van der Waals surface area contributed by atoms with Crippen LogP contribution in [0.15, 0.2) is 0 Å². The fourth-order valence-corrected chi connectivity index (χ4v) is 1.79. The fraction of sp³-hybridized carbons (Fsp3) is 0.556. The van der Waals surface area contributed by atoms with Crippen molar-refractivity contribution in [2.24, 2.45) is 0 Å². The molecule has 0 radical (unpaired) electrons. The third kappa shape index (κ3) is 4.44. The van der Waals surface area contributed by atoms with Crippen LogP contribution < -0.4 is 4.74 Å². The minimum atomic E-state index is 0.176. The topological polar surface area (TPSA) is 57.6 Å². The van der Waals surface area contributed by atoms with Crippen molar-refractivity contribution in [1.82, 2.24) is 4.98 Å². The number of nitrogens with zero attached hydrogens (tertiary/aromatic N) is 1. The molecule has 1 rings (SSSR count). The van der Waals surface area contributed by atoms with Crippen molar-refractivity contribution >= 4 is 29.2 Å². The lowest BCUT2D eigenvalue weighted by atomic mass is 10.6. The lowest BCUT2D eigenvalue weighted by Crippen LogP contribution is -2.09. The van der Waals surface area contributed by atoms with E-state index in [4.69, 9.17) is 25.8 Å². The van der Waals surface area contributed by atoms with Crippen LogP contribution in [0.3, 0.4) is 0 Å². The van der Waals surface area contributed by atoms with Crippen molar-refractivity contribution in [3.8, 4) is 5.19 Å². The summed E-state index contributed by atoms with van der Waals surface area (Å²) >= 11 is 6.78. The maximum absolute atomic E-state index is 10.5. The smallest absolute Gasteiger partial charge is 0.275 e. The molecule has 0 amide bonds. The fourth-order valence-electron chi connectivity index (χ4n) is 0.861. The van der Waals surface area contributed by atoms with Gasteiger partial charge in [-0.05, 0) is 0 Å². The van der Waals surface area contributed by atoms with Crippen LogP contribution in [-0.4, -0.2) is 44.8 Å². The molecule has 16 heavy (non-hydrogen) atoms. The highest BCUT2D eigenvalue weighted by molar-refractivity contribution is 7.15. The van der Waals surface area contributed by atoms with E-state index in [1.807, 2.05) is 0 Å². The average Bonchev–Trinajstić information content (AvgIpc) is 2.64. The number of ether oxygens (including phenoxy) is 3. The molecule has 0 spiro atoms. The molecule has 1 aromatic heterocycles. The van der Waals surface area contributed by atoms with Gasteiger partial charge >= 0.3 is 0 Å². The van der Waals surface area contributed by atoms with E-state index in [2.05, 4.69) is 4.98 Å². The molecule has 1 heterocycles. The molecule has 0 atom stereocenters. The highest BCUT2D eigenvalue weighted by Gasteiger charge is 2.08. The van der Waals surface area contributed by atoms with Crippen molar-refractivity contribution < 1.29 is 19.0 Å². The number of halogens is 1. The van der Waals surface area contributed by atoms with Crippen LogP contribution in [-0.2, 0) is 9.47 Å². The molecule has 90 valence electrons. The summed E-state index contributed by atoms with van der Waals surface area (Å²) < 4.78 is 15.2. The first-order valence-electron chi connectivity index (χ1n) is 4.59. The van der Waals surface area contributed by atoms with Crippen LogP contribution >= 0.6 is 22.9 Å². The molecular weight excluding hydrogens is 254 g/mol. The van der Waals surface area contributed by atoms with Gasteiger partial charge in [0.05, 0.1) is 19.8 Å². The van der Waals surface area contributed by atoms with Crippen molar-refractivity contribution in [2.45, 2.75) is 0 Å². The van der Waals surface area contributed by atoms with Gasteiger partial charge in [0.2, 0.25) is 0 Å². The Hall–Kier alpha value is -0.690. The minimum Gasteiger partial charge on any atom is -0.468 e. The third-order valence-corrected chi connectivity index (χ3v) is 2.88. The summed E-state index contributed by atoms with van der Waals surface area (Å²) in [5.74, 6) is 0. The predicted molar refractivity (Wildman–Crippen MR) is 60.7 cm³/mol. The number of thiazole rings is 1. The van der Waals surface area contributed by atoms with Crippen molar-refractivity contribution in [3.63, 3.8) is 0 Å². The van der Waals surface area contributed by atoms with Gasteiger partial charge in [-0.25, -0.2) is 0 Å². The second-order valence-corrected chi connectivity index (χ2v) is 4.06. The van der Waals surface area contributed by atoms with E-state index < -0.39 is 0 Å². The van der Waals surface area contributed by atoms with Crippen LogP contribution in [0.2, 0.25) is 5.15 Å². The van der Waals surface area contributed by atoms with Gasteiger partial charge in [-0.3, -0.25) is 4.79 Å². The first-order valence-corrected chi connectivity index (χ1v) is 5.78. The Morgan fingerprint density at radius 1 is 1.38 bits per heavy atom. The quantitative estimate of drug-likeness (QED) is 0.528. The number of aromatic nitrogens is 1. The van der Waals surface area contributed by atoms with Crippen LogP contribution in [0.1, 0.15) is 9.67 Å². The Kier molecular flexibility index (Phi) is 6.32. The largest absolute Gasteiger partial charge is 0.468 e. The lowest BCUT2D eigenvalue weighted by Gasteiger charge is -2.03. The lowest BCUT2D eigenvalue weighted by molar-refractivity contribution is 0.0544. The molecule has 0 unspecified atom stereocenters. The summed E-state index contributed by atoms with van der Waals surface area (Å²) in [4.78, 5) is 14.7. The summed E-state index contributed by atoms with van der Waals surface area (Å²) in [5.41, 5.74) is 0. The van der Waals surface area contributed by atoms with Gasteiger partial charge in [-0.1, -0.05) is 22.9 Å². The van der Waals surface area contributed by atoms with Crippen LogP contribution in [0.25, 0.3) is 0 Å². The number of carbonyl (C=O) groups excluding carboxylic acids is 1. The van der Waals surface area contributed by atoms with Gasteiger partial charge in [0.15, 0.2) is 11.4 Å². The highest BCUT2D eigenvalue weighted by atomic mass is 35.5. The van der Waals surface area contributed by atoms with Gasteiger partial charge in [-0.2, -0.15) is 4.98 Å². The zero-order valence-corrected chi connectivity index (χ0v) is 10.3. The van der Waals surface area contributed by atoms with Crippen molar-refractivity contribution in [1.29, 1.82) is 0 Å². The van der Waals surface area contributed by atoms with Gasteiger partial charge in [0, 0.05) is 7.11 Å². The van der Waals surface area contributed by atoms with E-state index >= 15 is 0 Å². The molecular formula is C9H12ClNO4S. The van der Waals surface area contributed by atoms with Crippen LogP contribution in [0.5, 0.6) is 5.19 Å². The van der Waals surface area contributed by atoms with E-state index in [0.717, 1.165) is 11.3 Å². The molecule has 0 aliphatic heterocycles. The molecule has 0 fully saturated rings. The maximum atomic E-state index is 10.5. The summed E-state index contributed by atoms with van der Waals surface area (Å²) in [6.07, 6.45) is 0.655. The molecule has 0 saturated carbocycles. The number of carbonyl (C=O) groups is 1. The molecule has 0 aliphatic carbocycles. The number of aldehydes is 1. The molecule has 0 saturated heterocycles. The maximum Gasteiger partial charge on any atom is 0.275 e. The van der Waals surface area contributed by atoms with Gasteiger partial charge in [0.25, 0.3) is 5.19 Å². The molecule has 5 nitrogen and oxygen atoms in total. The normalized spacial score (nSPS) is 10.4. The predicted octanol–water partition coefficient (Wildman–Crippen LogP) is 1.65. The second-order valence-electron chi connectivity index (χ2n) is 2.71. The number of rotatable bonds is 8. The first-order chi connectivity index (χ1) is 7.77. The molecule has 0 bridgehead atoms. The zero-order chi connectivity index (χ0) is 11.8.